The van der Waals surface area contributed by atoms with Crippen LogP contribution < -0.4 is 20.1 Å². The number of anilines is 2. The maximum Gasteiger partial charge on any atom is 0.232 e. The average Bonchev–Trinajstić information content (AvgIpc) is 3.33. The molecule has 28 heavy (non-hydrogen) atoms. The lowest BCUT2D eigenvalue weighted by atomic mass is 10.3. The first-order valence-electron chi connectivity index (χ1n) is 8.89. The fraction of sp³-hybridized carbons (Fsp3) is 0.333. The van der Waals surface area contributed by atoms with E-state index in [1.54, 1.807) is 5.38 Å². The van der Waals surface area contributed by atoms with E-state index in [1.165, 1.54) is 22.7 Å². The highest BCUT2D eigenvalue weighted by Crippen LogP contribution is 2.38. The van der Waals surface area contributed by atoms with Gasteiger partial charge >= 0.3 is 0 Å². The number of carbonyl (C=O) groups is 2. The molecule has 1 saturated carbocycles. The molecule has 10 heteroatoms. The van der Waals surface area contributed by atoms with E-state index in [2.05, 4.69) is 20.6 Å². The number of nitrogens with zero attached hydrogens (tertiary/aromatic N) is 2. The van der Waals surface area contributed by atoms with Gasteiger partial charge in [-0.05, 0) is 12.8 Å². The van der Waals surface area contributed by atoms with Gasteiger partial charge in [0.05, 0.1) is 22.3 Å². The molecule has 1 aliphatic heterocycles. The van der Waals surface area contributed by atoms with E-state index in [1.807, 2.05) is 12.1 Å². The molecule has 0 saturated heterocycles. The van der Waals surface area contributed by atoms with Gasteiger partial charge in [0, 0.05) is 23.4 Å². The Morgan fingerprint density at radius 1 is 1.07 bits per heavy atom. The van der Waals surface area contributed by atoms with Crippen LogP contribution in [0.3, 0.4) is 0 Å². The minimum absolute atomic E-state index is 0.00971. The molecule has 0 atom stereocenters. The van der Waals surface area contributed by atoms with Crippen molar-refractivity contribution in [2.75, 3.05) is 23.8 Å². The Kier molecular flexibility index (Phi) is 4.36. The quantitative estimate of drug-likeness (QED) is 0.663. The van der Waals surface area contributed by atoms with Crippen LogP contribution in [0.5, 0.6) is 11.5 Å². The van der Waals surface area contributed by atoms with Crippen molar-refractivity contribution in [2.45, 2.75) is 19.3 Å². The summed E-state index contributed by atoms with van der Waals surface area (Å²) in [5.41, 5.74) is 1.37. The first-order chi connectivity index (χ1) is 13.6. The molecule has 1 aromatic carbocycles. The van der Waals surface area contributed by atoms with Crippen molar-refractivity contribution >= 4 is 55.0 Å². The van der Waals surface area contributed by atoms with Crippen molar-refractivity contribution in [3.05, 3.63) is 23.2 Å². The molecule has 5 rings (SSSR count). The Hall–Kier alpha value is -2.72. The Balaban J connectivity index is 1.24. The van der Waals surface area contributed by atoms with Crippen molar-refractivity contribution < 1.29 is 19.1 Å². The zero-order chi connectivity index (χ0) is 19.1. The van der Waals surface area contributed by atoms with Gasteiger partial charge in [-0.15, -0.1) is 11.3 Å². The van der Waals surface area contributed by atoms with E-state index in [0.717, 1.165) is 23.1 Å². The predicted molar refractivity (Wildman–Crippen MR) is 106 cm³/mol. The smallest absolute Gasteiger partial charge is 0.232 e. The lowest BCUT2D eigenvalue weighted by molar-refractivity contribution is -0.117. The van der Waals surface area contributed by atoms with Crippen LogP contribution in [0.1, 0.15) is 18.5 Å². The fourth-order valence-corrected chi connectivity index (χ4v) is 4.45. The number of ether oxygens (including phenoxy) is 2. The minimum Gasteiger partial charge on any atom is -0.486 e. The molecule has 2 aromatic heterocycles. The number of amides is 2. The Morgan fingerprint density at radius 3 is 2.64 bits per heavy atom. The minimum atomic E-state index is -0.207. The lowest BCUT2D eigenvalue weighted by Gasteiger charge is -2.17. The van der Waals surface area contributed by atoms with Gasteiger partial charge in [0.1, 0.15) is 13.2 Å². The summed E-state index contributed by atoms with van der Waals surface area (Å²) in [5.74, 6) is 1.29. The summed E-state index contributed by atoms with van der Waals surface area (Å²) >= 11 is 2.70. The summed E-state index contributed by atoms with van der Waals surface area (Å²) in [6.45, 7) is 1.04. The zero-order valence-corrected chi connectivity index (χ0v) is 16.3. The van der Waals surface area contributed by atoms with Crippen LogP contribution in [0.25, 0.3) is 10.2 Å². The largest absolute Gasteiger partial charge is 0.486 e. The highest BCUT2D eigenvalue weighted by atomic mass is 32.1. The summed E-state index contributed by atoms with van der Waals surface area (Å²) in [6.07, 6.45) is 2.00. The molecule has 0 unspecified atom stereocenters. The Labute approximate surface area is 167 Å². The molecule has 2 aliphatic rings. The maximum atomic E-state index is 12.3. The molecule has 0 bridgehead atoms. The SMILES string of the molecule is O=C(Cc1csc(NC(=O)C2CC2)n1)Nc1nc2cc3c(cc2s1)OCCO3. The number of carbonyl (C=O) groups excluding carboxylic acids is 2. The molecule has 2 amide bonds. The number of nitrogens with one attached hydrogen (secondary N) is 2. The van der Waals surface area contributed by atoms with Crippen LogP contribution in [-0.4, -0.2) is 35.0 Å². The van der Waals surface area contributed by atoms with Gasteiger partial charge in [0.2, 0.25) is 11.8 Å². The molecular formula is C18H16N4O4S2. The Morgan fingerprint density at radius 2 is 1.86 bits per heavy atom. The Bertz CT molecular complexity index is 1030. The normalized spacial score (nSPS) is 15.4. The highest BCUT2D eigenvalue weighted by Gasteiger charge is 2.30. The topological polar surface area (TPSA) is 102 Å². The predicted octanol–water partition coefficient (Wildman–Crippen LogP) is 3.05. The van der Waals surface area contributed by atoms with Gasteiger partial charge in [-0.2, -0.15) is 0 Å². The van der Waals surface area contributed by atoms with Crippen molar-refractivity contribution in [1.29, 1.82) is 0 Å². The maximum absolute atomic E-state index is 12.3. The van der Waals surface area contributed by atoms with Crippen molar-refractivity contribution in [2.24, 2.45) is 5.92 Å². The van der Waals surface area contributed by atoms with E-state index < -0.39 is 0 Å². The van der Waals surface area contributed by atoms with Crippen LogP contribution in [0.4, 0.5) is 10.3 Å². The number of rotatable bonds is 5. The van der Waals surface area contributed by atoms with Crippen LogP contribution in [-0.2, 0) is 16.0 Å². The number of aromatic nitrogens is 2. The van der Waals surface area contributed by atoms with Crippen LogP contribution >= 0.6 is 22.7 Å². The first-order valence-corrected chi connectivity index (χ1v) is 10.6. The van der Waals surface area contributed by atoms with E-state index in [9.17, 15) is 9.59 Å². The fourth-order valence-electron chi connectivity index (χ4n) is 2.84. The van der Waals surface area contributed by atoms with Gasteiger partial charge in [-0.3, -0.25) is 9.59 Å². The summed E-state index contributed by atoms with van der Waals surface area (Å²) < 4.78 is 12.1. The molecule has 1 fully saturated rings. The van der Waals surface area contributed by atoms with E-state index >= 15 is 0 Å². The molecule has 0 spiro atoms. The molecule has 8 nitrogen and oxygen atoms in total. The second kappa shape index (κ2) is 7.02. The summed E-state index contributed by atoms with van der Waals surface area (Å²) in [6, 6.07) is 3.71. The van der Waals surface area contributed by atoms with Crippen molar-refractivity contribution in [3.8, 4) is 11.5 Å². The molecule has 3 aromatic rings. The third-order valence-corrected chi connectivity index (χ3v) is 6.11. The lowest BCUT2D eigenvalue weighted by Crippen LogP contribution is -2.15. The van der Waals surface area contributed by atoms with Crippen molar-refractivity contribution in [3.63, 3.8) is 0 Å². The molecule has 1 aliphatic carbocycles. The monoisotopic (exact) mass is 416 g/mol. The third-order valence-electron chi connectivity index (χ3n) is 4.37. The molecule has 144 valence electrons. The standard InChI is InChI=1S/C18H16N4O4S2/c23-15(5-10-8-27-17(19-10)22-16(24)9-1-2-9)21-18-20-11-6-12-13(7-14(11)28-18)26-4-3-25-12/h6-9H,1-5H2,(H,19,22,24)(H,20,21,23). The number of hydrogen-bond donors (Lipinski definition) is 2. The molecule has 2 N–H and O–H groups in total. The van der Waals surface area contributed by atoms with E-state index in [0.29, 0.717) is 40.7 Å². The third kappa shape index (κ3) is 3.65. The number of fused-ring (bicyclic) bond motifs is 2. The number of hydrogen-bond acceptors (Lipinski definition) is 8. The summed E-state index contributed by atoms with van der Waals surface area (Å²) in [7, 11) is 0. The molecular weight excluding hydrogens is 400 g/mol. The second-order valence-electron chi connectivity index (χ2n) is 6.62. The van der Waals surface area contributed by atoms with Gasteiger partial charge in [0.25, 0.3) is 0 Å². The second-order valence-corrected chi connectivity index (χ2v) is 8.50. The van der Waals surface area contributed by atoms with Crippen molar-refractivity contribution in [1.82, 2.24) is 9.97 Å². The van der Waals surface area contributed by atoms with E-state index in [4.69, 9.17) is 9.47 Å². The van der Waals surface area contributed by atoms with E-state index in [-0.39, 0.29) is 24.2 Å². The molecule has 3 heterocycles. The average molecular weight is 416 g/mol. The summed E-state index contributed by atoms with van der Waals surface area (Å²) in [5, 5.41) is 8.43. The van der Waals surface area contributed by atoms with Crippen LogP contribution in [0, 0.1) is 5.92 Å². The number of thiazole rings is 2. The van der Waals surface area contributed by atoms with Gasteiger partial charge in [0.15, 0.2) is 21.8 Å². The zero-order valence-electron chi connectivity index (χ0n) is 14.7. The molecule has 0 radical (unpaired) electrons. The first kappa shape index (κ1) is 17.4. The number of benzene rings is 1. The van der Waals surface area contributed by atoms with Crippen LogP contribution in [0.2, 0.25) is 0 Å². The summed E-state index contributed by atoms with van der Waals surface area (Å²) in [4.78, 5) is 32.9. The van der Waals surface area contributed by atoms with Gasteiger partial charge in [-0.25, -0.2) is 9.97 Å². The van der Waals surface area contributed by atoms with Gasteiger partial charge in [-0.1, -0.05) is 11.3 Å². The highest BCUT2D eigenvalue weighted by molar-refractivity contribution is 7.22. The van der Waals surface area contributed by atoms with Crippen LogP contribution in [0.15, 0.2) is 17.5 Å². The van der Waals surface area contributed by atoms with Gasteiger partial charge < -0.3 is 20.1 Å².